The van der Waals surface area contributed by atoms with Crippen LogP contribution in [0.3, 0.4) is 0 Å². The van der Waals surface area contributed by atoms with Crippen LogP contribution in [0.5, 0.6) is 0 Å². The Morgan fingerprint density at radius 3 is 2.77 bits per heavy atom. The van der Waals surface area contributed by atoms with E-state index in [1.54, 1.807) is 12.4 Å². The summed E-state index contributed by atoms with van der Waals surface area (Å²) in [6.45, 7) is 9.02. The topological polar surface area (TPSA) is 67.4 Å². The maximum absolute atomic E-state index is 12.4. The third kappa shape index (κ3) is 4.58. The van der Waals surface area contributed by atoms with Gasteiger partial charge in [-0.05, 0) is 47.0 Å². The van der Waals surface area contributed by atoms with E-state index >= 15 is 0 Å². The van der Waals surface area contributed by atoms with Crippen LogP contribution in [0.25, 0.3) is 0 Å². The molecule has 2 rings (SSSR count). The van der Waals surface area contributed by atoms with Crippen LogP contribution >= 0.6 is 0 Å². The largest absolute Gasteiger partial charge is 0.444 e. The molecule has 0 aromatic carbocycles. The normalized spacial score (nSPS) is 18.9. The van der Waals surface area contributed by atoms with Crippen LogP contribution in [0, 0.1) is 6.92 Å². The Hall–Kier alpha value is -1.85. The SMILES string of the molecule is Cc1nccnc1NC[C@@H]1CCCCN1C(=O)OC(C)(C)C. The van der Waals surface area contributed by atoms with Gasteiger partial charge in [-0.3, -0.25) is 4.98 Å². The number of nitrogens with one attached hydrogen (secondary N) is 1. The third-order valence-corrected chi connectivity index (χ3v) is 3.64. The molecule has 6 nitrogen and oxygen atoms in total. The average Bonchev–Trinajstić information content (AvgIpc) is 2.45. The Labute approximate surface area is 132 Å². The Morgan fingerprint density at radius 2 is 2.09 bits per heavy atom. The van der Waals surface area contributed by atoms with E-state index in [0.717, 1.165) is 37.3 Å². The third-order valence-electron chi connectivity index (χ3n) is 3.64. The van der Waals surface area contributed by atoms with Crippen LogP contribution in [0.1, 0.15) is 45.7 Å². The minimum absolute atomic E-state index is 0.130. The molecule has 1 saturated heterocycles. The maximum Gasteiger partial charge on any atom is 0.410 e. The monoisotopic (exact) mass is 306 g/mol. The summed E-state index contributed by atoms with van der Waals surface area (Å²) < 4.78 is 5.51. The van der Waals surface area contributed by atoms with Gasteiger partial charge >= 0.3 is 6.09 Å². The van der Waals surface area contributed by atoms with Gasteiger partial charge in [0.05, 0.1) is 11.7 Å². The molecule has 0 saturated carbocycles. The van der Waals surface area contributed by atoms with Crippen molar-refractivity contribution in [2.24, 2.45) is 0 Å². The minimum Gasteiger partial charge on any atom is -0.444 e. The van der Waals surface area contributed by atoms with E-state index in [-0.39, 0.29) is 12.1 Å². The van der Waals surface area contributed by atoms with Crippen molar-refractivity contribution in [3.63, 3.8) is 0 Å². The molecule has 1 aliphatic heterocycles. The Kier molecular flexibility index (Phi) is 5.21. The van der Waals surface area contributed by atoms with Gasteiger partial charge in [-0.1, -0.05) is 0 Å². The lowest BCUT2D eigenvalue weighted by molar-refractivity contribution is 0.0114. The Morgan fingerprint density at radius 1 is 1.36 bits per heavy atom. The molecule has 0 bridgehead atoms. The van der Waals surface area contributed by atoms with Gasteiger partial charge in [0.1, 0.15) is 11.4 Å². The van der Waals surface area contributed by atoms with Crippen molar-refractivity contribution in [3.8, 4) is 0 Å². The number of hydrogen-bond acceptors (Lipinski definition) is 5. The second kappa shape index (κ2) is 6.94. The van der Waals surface area contributed by atoms with Gasteiger partial charge in [-0.15, -0.1) is 0 Å². The molecular formula is C16H26N4O2. The summed E-state index contributed by atoms with van der Waals surface area (Å²) >= 11 is 0. The maximum atomic E-state index is 12.4. The second-order valence-corrected chi connectivity index (χ2v) is 6.69. The van der Waals surface area contributed by atoms with Crippen LogP contribution in [-0.4, -0.2) is 45.7 Å². The van der Waals surface area contributed by atoms with Crippen molar-refractivity contribution in [1.29, 1.82) is 0 Å². The molecule has 1 aromatic heterocycles. The summed E-state index contributed by atoms with van der Waals surface area (Å²) in [5.41, 5.74) is 0.399. The van der Waals surface area contributed by atoms with E-state index in [0.29, 0.717) is 6.54 Å². The number of piperidine rings is 1. The molecule has 1 fully saturated rings. The molecule has 0 radical (unpaired) electrons. The number of ether oxygens (including phenoxy) is 1. The van der Waals surface area contributed by atoms with Crippen molar-refractivity contribution in [2.75, 3.05) is 18.4 Å². The quantitative estimate of drug-likeness (QED) is 0.930. The van der Waals surface area contributed by atoms with Gasteiger partial charge in [0.15, 0.2) is 0 Å². The summed E-state index contributed by atoms with van der Waals surface area (Å²) in [6.07, 6.45) is 6.25. The highest BCUT2D eigenvalue weighted by atomic mass is 16.6. The Balaban J connectivity index is 1.98. The number of rotatable bonds is 3. The molecule has 1 atom stereocenters. The second-order valence-electron chi connectivity index (χ2n) is 6.69. The molecule has 22 heavy (non-hydrogen) atoms. The zero-order valence-electron chi connectivity index (χ0n) is 13.9. The highest BCUT2D eigenvalue weighted by molar-refractivity contribution is 5.68. The number of likely N-dealkylation sites (tertiary alicyclic amines) is 1. The van der Waals surface area contributed by atoms with Crippen molar-refractivity contribution in [1.82, 2.24) is 14.9 Å². The molecule has 0 spiro atoms. The number of amides is 1. The van der Waals surface area contributed by atoms with Crippen molar-refractivity contribution >= 4 is 11.9 Å². The van der Waals surface area contributed by atoms with Gasteiger partial charge in [-0.25, -0.2) is 9.78 Å². The molecule has 1 amide bonds. The fourth-order valence-corrected chi connectivity index (χ4v) is 2.57. The molecule has 6 heteroatoms. The van der Waals surface area contributed by atoms with Gasteiger partial charge in [0.2, 0.25) is 0 Å². The number of hydrogen-bond donors (Lipinski definition) is 1. The lowest BCUT2D eigenvalue weighted by Gasteiger charge is -2.36. The van der Waals surface area contributed by atoms with Crippen LogP contribution in [0.15, 0.2) is 12.4 Å². The molecule has 122 valence electrons. The van der Waals surface area contributed by atoms with E-state index in [4.69, 9.17) is 4.74 Å². The first-order chi connectivity index (χ1) is 10.4. The summed E-state index contributed by atoms with van der Waals surface area (Å²) in [7, 11) is 0. The first-order valence-corrected chi connectivity index (χ1v) is 7.88. The van der Waals surface area contributed by atoms with E-state index in [9.17, 15) is 4.79 Å². The summed E-state index contributed by atoms with van der Waals surface area (Å²) in [6, 6.07) is 0.130. The lowest BCUT2D eigenvalue weighted by atomic mass is 10.0. The minimum atomic E-state index is -0.464. The van der Waals surface area contributed by atoms with Crippen molar-refractivity contribution < 1.29 is 9.53 Å². The molecule has 0 aliphatic carbocycles. The zero-order chi connectivity index (χ0) is 16.2. The van der Waals surface area contributed by atoms with Gasteiger partial charge in [0.25, 0.3) is 0 Å². The summed E-state index contributed by atoms with van der Waals surface area (Å²) in [5.74, 6) is 0.775. The fourth-order valence-electron chi connectivity index (χ4n) is 2.57. The van der Waals surface area contributed by atoms with Gasteiger partial charge < -0.3 is 15.0 Å². The molecule has 2 heterocycles. The standard InChI is InChI=1S/C16H26N4O2/c1-12-14(18-9-8-17-12)19-11-13-7-5-6-10-20(13)15(21)22-16(2,3)4/h8-9,13H,5-7,10-11H2,1-4H3,(H,18,19)/t13-/m0/s1. The predicted octanol–water partition coefficient (Wildman–Crippen LogP) is 2.99. The van der Waals surface area contributed by atoms with Crippen molar-refractivity contribution in [3.05, 3.63) is 18.1 Å². The Bertz CT molecular complexity index is 513. The summed E-state index contributed by atoms with van der Waals surface area (Å²) in [4.78, 5) is 22.7. The van der Waals surface area contributed by atoms with Crippen LogP contribution in [0.4, 0.5) is 10.6 Å². The highest BCUT2D eigenvalue weighted by Crippen LogP contribution is 2.21. The molecule has 1 aliphatic rings. The molecule has 0 unspecified atom stereocenters. The smallest absolute Gasteiger partial charge is 0.410 e. The number of aromatic nitrogens is 2. The van der Waals surface area contributed by atoms with Crippen LogP contribution in [-0.2, 0) is 4.74 Å². The first-order valence-electron chi connectivity index (χ1n) is 7.88. The average molecular weight is 306 g/mol. The number of aryl methyl sites for hydroxylation is 1. The van der Waals surface area contributed by atoms with E-state index < -0.39 is 5.60 Å². The van der Waals surface area contributed by atoms with Crippen LogP contribution < -0.4 is 5.32 Å². The molecule has 1 N–H and O–H groups in total. The van der Waals surface area contributed by atoms with Gasteiger partial charge in [0, 0.05) is 25.5 Å². The zero-order valence-corrected chi connectivity index (χ0v) is 13.9. The first kappa shape index (κ1) is 16.5. The number of carbonyl (C=O) groups is 1. The number of carbonyl (C=O) groups excluding carboxylic acids is 1. The number of nitrogens with zero attached hydrogens (tertiary/aromatic N) is 3. The molecular weight excluding hydrogens is 280 g/mol. The van der Waals surface area contributed by atoms with E-state index in [2.05, 4.69) is 15.3 Å². The fraction of sp³-hybridized carbons (Fsp3) is 0.688. The summed E-state index contributed by atoms with van der Waals surface area (Å²) in [5, 5.41) is 3.31. The lowest BCUT2D eigenvalue weighted by Crippen LogP contribution is -2.49. The van der Waals surface area contributed by atoms with E-state index in [1.807, 2.05) is 32.6 Å². The highest BCUT2D eigenvalue weighted by Gasteiger charge is 2.30. The predicted molar refractivity (Wildman–Crippen MR) is 85.8 cm³/mol. The van der Waals surface area contributed by atoms with Gasteiger partial charge in [-0.2, -0.15) is 0 Å². The van der Waals surface area contributed by atoms with E-state index in [1.165, 1.54) is 0 Å². The van der Waals surface area contributed by atoms with Crippen molar-refractivity contribution in [2.45, 2.75) is 58.6 Å². The molecule has 1 aromatic rings. The number of anilines is 1. The van der Waals surface area contributed by atoms with Crippen LogP contribution in [0.2, 0.25) is 0 Å².